The minimum atomic E-state index is -3.71. The summed E-state index contributed by atoms with van der Waals surface area (Å²) < 4.78 is 32.2. The molecule has 3 aromatic rings. The van der Waals surface area contributed by atoms with Gasteiger partial charge in [0.25, 0.3) is 0 Å². The molecule has 12 heteroatoms. The number of amides is 2. The van der Waals surface area contributed by atoms with Crippen LogP contribution >= 0.6 is 11.6 Å². The molecule has 1 saturated heterocycles. The number of benzene rings is 2. The van der Waals surface area contributed by atoms with Crippen molar-refractivity contribution >= 4 is 50.1 Å². The summed E-state index contributed by atoms with van der Waals surface area (Å²) in [5, 5.41) is 11.3. The molecule has 0 spiro atoms. The Kier molecular flexibility index (Phi) is 11.2. The van der Waals surface area contributed by atoms with Gasteiger partial charge in [0.15, 0.2) is 5.78 Å². The first kappa shape index (κ1) is 37.0. The molecule has 272 valence electrons. The molecule has 3 fully saturated rings. The van der Waals surface area contributed by atoms with E-state index in [0.717, 1.165) is 60.0 Å². The van der Waals surface area contributed by atoms with Gasteiger partial charge in [-0.25, -0.2) is 13.4 Å². The first-order chi connectivity index (χ1) is 24.4. The van der Waals surface area contributed by atoms with Crippen molar-refractivity contribution in [3.05, 3.63) is 71.8 Å². The lowest BCUT2D eigenvalue weighted by Crippen LogP contribution is -2.46. The molecule has 4 aliphatic rings. The van der Waals surface area contributed by atoms with E-state index in [1.807, 2.05) is 73.7 Å². The van der Waals surface area contributed by atoms with Crippen LogP contribution in [-0.4, -0.2) is 72.1 Å². The number of methoxy groups -OCH3 is 1. The van der Waals surface area contributed by atoms with Crippen molar-refractivity contribution in [2.45, 2.75) is 88.5 Å². The number of aromatic nitrogens is 1. The Morgan fingerprint density at radius 3 is 2.55 bits per heavy atom. The number of hydrogen-bond donors (Lipinski definition) is 2. The molecule has 2 amide bonds. The fourth-order valence-electron chi connectivity index (χ4n) is 7.22. The van der Waals surface area contributed by atoms with Gasteiger partial charge in [-0.15, -0.1) is 0 Å². The van der Waals surface area contributed by atoms with Crippen LogP contribution in [0.3, 0.4) is 0 Å². The number of aliphatic hydroxyl groups is 1. The van der Waals surface area contributed by atoms with E-state index in [-0.39, 0.29) is 42.9 Å². The lowest BCUT2D eigenvalue weighted by Gasteiger charge is -2.27. The number of nitrogens with one attached hydrogen (secondary N) is 1. The van der Waals surface area contributed by atoms with Crippen molar-refractivity contribution in [3.8, 4) is 17.0 Å². The van der Waals surface area contributed by atoms with Gasteiger partial charge >= 0.3 is 0 Å². The number of ketones is 1. The maximum Gasteiger partial charge on any atom is 0.240 e. The number of hydrogen-bond acceptors (Lipinski definition) is 8. The van der Waals surface area contributed by atoms with Gasteiger partial charge in [0.2, 0.25) is 21.8 Å². The Labute approximate surface area is 304 Å². The quantitative estimate of drug-likeness (QED) is 0.293. The summed E-state index contributed by atoms with van der Waals surface area (Å²) in [5.41, 5.74) is 1.66. The number of allylic oxidation sites excluding steroid dienone is 2. The molecule has 3 heterocycles. The SMILES string of the molecule is COc1ccc2c(Cl)cc(-c3ccccc3)nc2c1.C[C@H]1CCCCC/C=C\[C@@H]2C[C@@]2(C(=O)NS(=O)(=O)C2CC2)CC(=O)[C@@H]2C[C@@H](O)CN2C1=O. The highest BCUT2D eigenvalue weighted by Gasteiger charge is 2.61. The number of ether oxygens (including phenoxy) is 1. The van der Waals surface area contributed by atoms with Crippen LogP contribution in [0.15, 0.2) is 66.7 Å². The lowest BCUT2D eigenvalue weighted by molar-refractivity contribution is -0.141. The molecule has 2 N–H and O–H groups in total. The Morgan fingerprint density at radius 2 is 1.82 bits per heavy atom. The highest BCUT2D eigenvalue weighted by molar-refractivity contribution is 7.90. The highest BCUT2D eigenvalue weighted by Crippen LogP contribution is 2.57. The van der Waals surface area contributed by atoms with Gasteiger partial charge in [0.1, 0.15) is 5.75 Å². The van der Waals surface area contributed by atoms with Crippen molar-refractivity contribution < 1.29 is 32.6 Å². The number of sulfonamides is 1. The van der Waals surface area contributed by atoms with Crippen molar-refractivity contribution in [1.29, 1.82) is 0 Å². The van der Waals surface area contributed by atoms with Gasteiger partial charge in [-0.3, -0.25) is 19.1 Å². The maximum atomic E-state index is 13.3. The number of fused-ring (bicyclic) bond motifs is 3. The summed E-state index contributed by atoms with van der Waals surface area (Å²) in [7, 11) is -2.07. The second-order valence-corrected chi connectivity index (χ2v) is 16.8. The van der Waals surface area contributed by atoms with Crippen molar-refractivity contribution in [1.82, 2.24) is 14.6 Å². The zero-order valence-electron chi connectivity index (χ0n) is 29.1. The topological polar surface area (TPSA) is 143 Å². The molecule has 5 atom stereocenters. The standard InChI is InChI=1S/C23H34N2O6S.C16H12ClNO/c1-15-7-5-3-2-4-6-8-16-12-23(16,22(29)24-32(30,31)18-9-10-18)13-20(27)19-11-17(26)14-25(19)21(15)28;1-19-12-7-8-13-14(17)10-15(18-16(13)9-12)11-5-3-2-4-6-11/h6,8,15-19,26H,2-5,7,9-14H2,1H3,(H,24,29);2-10H,1H3/b8-6-;/t15-,16+,17+,19-,23+;/m0./s1. The van der Waals surface area contributed by atoms with E-state index in [4.69, 9.17) is 16.3 Å². The van der Waals surface area contributed by atoms with E-state index >= 15 is 0 Å². The summed E-state index contributed by atoms with van der Waals surface area (Å²) in [6.45, 7) is 1.99. The van der Waals surface area contributed by atoms with Gasteiger partial charge in [0, 0.05) is 42.3 Å². The second-order valence-electron chi connectivity index (χ2n) is 14.4. The molecule has 10 nitrogen and oxygen atoms in total. The van der Waals surface area contributed by atoms with E-state index in [9.17, 15) is 27.9 Å². The normalized spacial score (nSPS) is 27.6. The van der Waals surface area contributed by atoms with E-state index in [2.05, 4.69) is 9.71 Å². The molecule has 2 saturated carbocycles. The first-order valence-corrected chi connectivity index (χ1v) is 19.8. The lowest BCUT2D eigenvalue weighted by atomic mass is 9.91. The smallest absolute Gasteiger partial charge is 0.240 e. The van der Waals surface area contributed by atoms with Crippen LogP contribution in [0.2, 0.25) is 5.02 Å². The first-order valence-electron chi connectivity index (χ1n) is 17.9. The van der Waals surface area contributed by atoms with Gasteiger partial charge in [-0.2, -0.15) is 0 Å². The fourth-order valence-corrected chi connectivity index (χ4v) is 8.87. The Morgan fingerprint density at radius 1 is 1.06 bits per heavy atom. The third kappa shape index (κ3) is 8.47. The minimum absolute atomic E-state index is 0.121. The number of carbonyl (C=O) groups excluding carboxylic acids is 3. The average Bonchev–Trinajstić information content (AvgIpc) is 4.05. The fraction of sp³-hybridized carbons (Fsp3) is 0.487. The van der Waals surface area contributed by atoms with Crippen molar-refractivity contribution in [3.63, 3.8) is 0 Å². The molecule has 0 unspecified atom stereocenters. The van der Waals surface area contributed by atoms with Crippen LogP contribution in [0.1, 0.15) is 71.1 Å². The van der Waals surface area contributed by atoms with Crippen LogP contribution in [0.4, 0.5) is 0 Å². The minimum Gasteiger partial charge on any atom is -0.497 e. The molecule has 0 bridgehead atoms. The molecule has 2 aliphatic carbocycles. The summed E-state index contributed by atoms with van der Waals surface area (Å²) in [6, 6.07) is 16.8. The van der Waals surface area contributed by atoms with E-state index in [1.165, 1.54) is 4.90 Å². The van der Waals surface area contributed by atoms with Crippen LogP contribution in [0.5, 0.6) is 5.75 Å². The molecule has 1 aromatic heterocycles. The number of halogens is 1. The van der Waals surface area contributed by atoms with Gasteiger partial charge in [-0.05, 0) is 62.6 Å². The number of rotatable bonds is 5. The molecule has 7 rings (SSSR count). The molecule has 0 radical (unpaired) electrons. The number of carbonyl (C=O) groups is 3. The predicted octanol–water partition coefficient (Wildman–Crippen LogP) is 6.24. The molecule has 2 aromatic carbocycles. The third-order valence-corrected chi connectivity index (χ3v) is 12.7. The van der Waals surface area contributed by atoms with Crippen LogP contribution in [0.25, 0.3) is 22.2 Å². The van der Waals surface area contributed by atoms with E-state index < -0.39 is 38.7 Å². The average molecular weight is 736 g/mol. The summed E-state index contributed by atoms with van der Waals surface area (Å²) >= 11 is 6.33. The second kappa shape index (κ2) is 15.4. The molecule has 2 aliphatic heterocycles. The van der Waals surface area contributed by atoms with Crippen LogP contribution < -0.4 is 9.46 Å². The monoisotopic (exact) mass is 735 g/mol. The van der Waals surface area contributed by atoms with Crippen molar-refractivity contribution in [2.75, 3.05) is 13.7 Å². The van der Waals surface area contributed by atoms with Crippen LogP contribution in [-0.2, 0) is 24.4 Å². The van der Waals surface area contributed by atoms with Gasteiger partial charge in [0.05, 0.1) is 46.2 Å². The summed E-state index contributed by atoms with van der Waals surface area (Å²) in [5.74, 6) is -0.657. The van der Waals surface area contributed by atoms with E-state index in [1.54, 1.807) is 7.11 Å². The number of pyridine rings is 1. The number of Topliss-reactive ketones (excluding diaryl/α,β-unsaturated/α-hetero) is 1. The zero-order chi connectivity index (χ0) is 36.3. The maximum absolute atomic E-state index is 13.3. The number of aliphatic hydroxyl groups excluding tert-OH is 1. The molecular weight excluding hydrogens is 690 g/mol. The van der Waals surface area contributed by atoms with E-state index in [0.29, 0.717) is 24.3 Å². The predicted molar refractivity (Wildman–Crippen MR) is 197 cm³/mol. The summed E-state index contributed by atoms with van der Waals surface area (Å²) in [6.07, 6.45) is 9.24. The van der Waals surface area contributed by atoms with Crippen molar-refractivity contribution in [2.24, 2.45) is 17.3 Å². The Bertz CT molecular complexity index is 1920. The zero-order valence-corrected chi connectivity index (χ0v) is 30.7. The molecule has 51 heavy (non-hydrogen) atoms. The molecular formula is C39H46ClN3O7S. The Hall–Kier alpha value is -3.80. The number of nitrogens with zero attached hydrogens (tertiary/aromatic N) is 2. The largest absolute Gasteiger partial charge is 0.497 e. The summed E-state index contributed by atoms with van der Waals surface area (Å²) in [4.78, 5) is 45.6. The van der Waals surface area contributed by atoms with Gasteiger partial charge in [-0.1, -0.05) is 73.9 Å². The van der Waals surface area contributed by atoms with Crippen LogP contribution in [0, 0.1) is 17.3 Å². The third-order valence-electron chi connectivity index (χ3n) is 10.5. The Balaban J connectivity index is 0.000000200. The van der Waals surface area contributed by atoms with Gasteiger partial charge < -0.3 is 14.7 Å². The highest BCUT2D eigenvalue weighted by atomic mass is 35.5.